The van der Waals surface area contributed by atoms with Crippen molar-refractivity contribution in [1.29, 1.82) is 0 Å². The number of ether oxygens (including phenoxy) is 3. The van der Waals surface area contributed by atoms with Crippen molar-refractivity contribution in [2.75, 3.05) is 61.2 Å². The first-order chi connectivity index (χ1) is 20.8. The Morgan fingerprint density at radius 2 is 1.17 bits per heavy atom. The molecule has 3 aromatic rings. The maximum absolute atomic E-state index is 5.84. The van der Waals surface area contributed by atoms with Crippen molar-refractivity contribution in [3.63, 3.8) is 0 Å². The maximum atomic E-state index is 5.84. The van der Waals surface area contributed by atoms with E-state index >= 15 is 0 Å². The van der Waals surface area contributed by atoms with Gasteiger partial charge in [-0.05, 0) is 86.2 Å². The summed E-state index contributed by atoms with van der Waals surface area (Å²) in [5.41, 5.74) is 3.95. The van der Waals surface area contributed by atoms with Gasteiger partial charge in [-0.1, -0.05) is 26.2 Å². The van der Waals surface area contributed by atoms with E-state index in [9.17, 15) is 0 Å². The highest BCUT2D eigenvalue weighted by molar-refractivity contribution is 5.80. The minimum atomic E-state index is 0.447. The third-order valence-corrected chi connectivity index (χ3v) is 7.36. The van der Waals surface area contributed by atoms with Crippen molar-refractivity contribution in [3.05, 3.63) is 54.1 Å². The van der Waals surface area contributed by atoms with E-state index < -0.39 is 0 Å². The first kappa shape index (κ1) is 29.4. The minimum Gasteiger partial charge on any atom is -0.494 e. The summed E-state index contributed by atoms with van der Waals surface area (Å²) in [5, 5.41) is 4.39. The number of anilines is 3. The number of nitrogens with zero attached hydrogens (tertiary/aromatic N) is 6. The molecule has 0 radical (unpaired) electrons. The summed E-state index contributed by atoms with van der Waals surface area (Å²) < 4.78 is 17.4. The SMILES string of the molecule is CCCCCCOc1ccc(OCCOc2ccc(/C=N\Nc3nc(N4CCCC4)nc(N4CCCC4)n3)cc2)cc1. The summed E-state index contributed by atoms with van der Waals surface area (Å²) in [6.07, 6.45) is 11.2. The van der Waals surface area contributed by atoms with Crippen LogP contribution in [-0.2, 0) is 0 Å². The second kappa shape index (κ2) is 15.8. The van der Waals surface area contributed by atoms with Crippen molar-refractivity contribution in [3.8, 4) is 17.2 Å². The molecule has 0 unspecified atom stereocenters. The molecule has 2 aliphatic rings. The number of benzene rings is 2. The molecular formula is C32H43N7O3. The van der Waals surface area contributed by atoms with Crippen LogP contribution in [-0.4, -0.2) is 67.2 Å². The van der Waals surface area contributed by atoms with Crippen LogP contribution in [0.15, 0.2) is 53.6 Å². The molecule has 10 heteroatoms. The number of hydrogen-bond acceptors (Lipinski definition) is 10. The second-order valence-corrected chi connectivity index (χ2v) is 10.7. The fraction of sp³-hybridized carbons (Fsp3) is 0.500. The summed E-state index contributed by atoms with van der Waals surface area (Å²) >= 11 is 0. The minimum absolute atomic E-state index is 0.447. The van der Waals surface area contributed by atoms with Gasteiger partial charge in [-0.2, -0.15) is 20.1 Å². The predicted octanol–water partition coefficient (Wildman–Crippen LogP) is 5.93. The zero-order valence-electron chi connectivity index (χ0n) is 24.7. The van der Waals surface area contributed by atoms with Gasteiger partial charge in [0, 0.05) is 26.2 Å². The molecule has 0 bridgehead atoms. The summed E-state index contributed by atoms with van der Waals surface area (Å²) in [5.74, 6) is 4.38. The van der Waals surface area contributed by atoms with Gasteiger partial charge in [0.25, 0.3) is 0 Å². The van der Waals surface area contributed by atoms with Gasteiger partial charge >= 0.3 is 0 Å². The molecule has 0 saturated carbocycles. The molecule has 0 spiro atoms. The molecule has 10 nitrogen and oxygen atoms in total. The van der Waals surface area contributed by atoms with E-state index in [4.69, 9.17) is 19.2 Å². The van der Waals surface area contributed by atoms with Crippen molar-refractivity contribution in [2.45, 2.75) is 58.3 Å². The van der Waals surface area contributed by atoms with Crippen molar-refractivity contribution >= 4 is 24.1 Å². The zero-order chi connectivity index (χ0) is 28.8. The van der Waals surface area contributed by atoms with E-state index in [0.29, 0.717) is 19.2 Å². The predicted molar refractivity (Wildman–Crippen MR) is 167 cm³/mol. The monoisotopic (exact) mass is 573 g/mol. The fourth-order valence-electron chi connectivity index (χ4n) is 5.01. The lowest BCUT2D eigenvalue weighted by molar-refractivity contribution is 0.217. The summed E-state index contributed by atoms with van der Waals surface area (Å²) in [6, 6.07) is 15.5. The summed E-state index contributed by atoms with van der Waals surface area (Å²) in [6.45, 7) is 7.79. The van der Waals surface area contributed by atoms with Crippen LogP contribution in [0.1, 0.15) is 63.9 Å². The Morgan fingerprint density at radius 3 is 1.69 bits per heavy atom. The Bertz CT molecular complexity index is 1210. The van der Waals surface area contributed by atoms with E-state index in [2.05, 4.69) is 37.2 Å². The van der Waals surface area contributed by atoms with Crippen LogP contribution in [0.3, 0.4) is 0 Å². The lowest BCUT2D eigenvalue weighted by Crippen LogP contribution is -2.25. The lowest BCUT2D eigenvalue weighted by atomic mass is 10.2. The molecule has 1 aromatic heterocycles. The number of unbranched alkanes of at least 4 members (excludes halogenated alkanes) is 3. The Balaban J connectivity index is 1.05. The molecule has 0 amide bonds. The molecular weight excluding hydrogens is 530 g/mol. The van der Waals surface area contributed by atoms with Crippen LogP contribution in [0.2, 0.25) is 0 Å². The molecule has 0 atom stereocenters. The number of aromatic nitrogens is 3. The molecule has 2 saturated heterocycles. The molecule has 2 aromatic carbocycles. The summed E-state index contributed by atoms with van der Waals surface area (Å²) in [4.78, 5) is 18.5. The average Bonchev–Trinajstić information content (AvgIpc) is 3.76. The lowest BCUT2D eigenvalue weighted by Gasteiger charge is -2.20. The van der Waals surface area contributed by atoms with Crippen molar-refractivity contribution in [2.24, 2.45) is 5.10 Å². The molecule has 2 fully saturated rings. The Labute approximate surface area is 249 Å². The van der Waals surface area contributed by atoms with Gasteiger partial charge in [0.1, 0.15) is 30.5 Å². The highest BCUT2D eigenvalue weighted by Crippen LogP contribution is 2.23. The Kier molecular flexibility index (Phi) is 11.1. The Morgan fingerprint density at radius 1 is 0.667 bits per heavy atom. The smallest absolute Gasteiger partial charge is 0.250 e. The number of hydrazone groups is 1. The maximum Gasteiger partial charge on any atom is 0.250 e. The highest BCUT2D eigenvalue weighted by Gasteiger charge is 2.21. The molecule has 5 rings (SSSR count). The molecule has 1 N–H and O–H groups in total. The average molecular weight is 574 g/mol. The third kappa shape index (κ3) is 8.96. The van der Waals surface area contributed by atoms with Crippen LogP contribution in [0.4, 0.5) is 17.8 Å². The summed E-state index contributed by atoms with van der Waals surface area (Å²) in [7, 11) is 0. The fourth-order valence-corrected chi connectivity index (χ4v) is 5.01. The van der Waals surface area contributed by atoms with Crippen LogP contribution in [0, 0.1) is 0 Å². The van der Waals surface area contributed by atoms with Gasteiger partial charge in [-0.15, -0.1) is 0 Å². The third-order valence-electron chi connectivity index (χ3n) is 7.36. The van der Waals surface area contributed by atoms with Gasteiger partial charge in [-0.3, -0.25) is 0 Å². The highest BCUT2D eigenvalue weighted by atomic mass is 16.5. The van der Waals surface area contributed by atoms with E-state index in [1.165, 1.54) is 44.9 Å². The standard InChI is InChI=1S/C32H43N7O3/c1-2-3-4-9-22-40-28-14-16-29(17-15-28)42-24-23-41-27-12-10-26(11-13-27)25-33-37-30-34-31(38-18-5-6-19-38)36-32(35-30)39-20-7-8-21-39/h10-17,25H,2-9,18-24H2,1H3,(H,34,35,36,37)/b33-25-. The molecule has 42 heavy (non-hydrogen) atoms. The first-order valence-corrected chi connectivity index (χ1v) is 15.4. The number of hydrogen-bond donors (Lipinski definition) is 1. The van der Waals surface area contributed by atoms with E-state index in [-0.39, 0.29) is 0 Å². The molecule has 224 valence electrons. The molecule has 2 aliphatic heterocycles. The molecule has 3 heterocycles. The number of rotatable bonds is 16. The quantitative estimate of drug-likeness (QED) is 0.127. The largest absolute Gasteiger partial charge is 0.494 e. The van der Waals surface area contributed by atoms with Gasteiger partial charge < -0.3 is 24.0 Å². The normalized spacial score (nSPS) is 15.0. The second-order valence-electron chi connectivity index (χ2n) is 10.7. The van der Waals surface area contributed by atoms with Crippen LogP contribution in [0.5, 0.6) is 17.2 Å². The van der Waals surface area contributed by atoms with Gasteiger partial charge in [0.15, 0.2) is 0 Å². The van der Waals surface area contributed by atoms with Crippen LogP contribution < -0.4 is 29.4 Å². The topological polar surface area (TPSA) is 97.2 Å². The van der Waals surface area contributed by atoms with Crippen molar-refractivity contribution < 1.29 is 14.2 Å². The van der Waals surface area contributed by atoms with E-state index in [0.717, 1.165) is 73.9 Å². The number of nitrogens with one attached hydrogen (secondary N) is 1. The van der Waals surface area contributed by atoms with Crippen molar-refractivity contribution in [1.82, 2.24) is 15.0 Å². The Hall–Kier alpha value is -4.08. The molecule has 0 aliphatic carbocycles. The first-order valence-electron chi connectivity index (χ1n) is 15.4. The van der Waals surface area contributed by atoms with E-state index in [1.54, 1.807) is 6.21 Å². The van der Waals surface area contributed by atoms with Gasteiger partial charge in [0.2, 0.25) is 17.8 Å². The zero-order valence-corrected chi connectivity index (χ0v) is 24.7. The van der Waals surface area contributed by atoms with E-state index in [1.807, 2.05) is 48.5 Å². The van der Waals surface area contributed by atoms with Crippen LogP contribution >= 0.6 is 0 Å². The van der Waals surface area contributed by atoms with Crippen LogP contribution in [0.25, 0.3) is 0 Å². The van der Waals surface area contributed by atoms with Gasteiger partial charge in [-0.25, -0.2) is 5.43 Å². The van der Waals surface area contributed by atoms with Gasteiger partial charge in [0.05, 0.1) is 12.8 Å².